The van der Waals surface area contributed by atoms with E-state index in [1.165, 1.54) is 48.8 Å². The summed E-state index contributed by atoms with van der Waals surface area (Å²) >= 11 is 0. The molecule has 4 rings (SSSR count). The standard InChI is InChI=1S/C23H26N2O3/c26-23(27)21-9-11-24-15-22(21)25-12-8-17-2-1-3-18-14-19(6-7-20(17)18)28-13-10-16-4-5-16/h6-7,9,11-12,14-17H,1-5,8,10,13H2,(H,26,27). The average Bonchev–Trinajstić information content (AvgIpc) is 3.52. The van der Waals surface area contributed by atoms with Gasteiger partial charge >= 0.3 is 5.97 Å². The van der Waals surface area contributed by atoms with Crippen LogP contribution in [-0.4, -0.2) is 28.9 Å². The first-order chi connectivity index (χ1) is 13.7. The van der Waals surface area contributed by atoms with Crippen molar-refractivity contribution in [3.8, 4) is 5.75 Å². The van der Waals surface area contributed by atoms with Crippen molar-refractivity contribution in [2.24, 2.45) is 10.9 Å². The number of hydrogen-bond donors (Lipinski definition) is 1. The Kier molecular flexibility index (Phi) is 5.70. The molecule has 2 aliphatic carbocycles. The van der Waals surface area contributed by atoms with Crippen LogP contribution in [-0.2, 0) is 6.42 Å². The molecule has 1 heterocycles. The lowest BCUT2D eigenvalue weighted by Gasteiger charge is -2.25. The van der Waals surface area contributed by atoms with Crippen molar-refractivity contribution in [1.29, 1.82) is 0 Å². The van der Waals surface area contributed by atoms with Crippen LogP contribution in [0, 0.1) is 5.92 Å². The molecule has 2 aromatic rings. The molecule has 0 spiro atoms. The van der Waals surface area contributed by atoms with E-state index < -0.39 is 5.97 Å². The van der Waals surface area contributed by atoms with Gasteiger partial charge in [0, 0.05) is 12.4 Å². The Bertz CT molecular complexity index is 874. The Morgan fingerprint density at radius 3 is 3.00 bits per heavy atom. The molecule has 28 heavy (non-hydrogen) atoms. The molecule has 1 unspecified atom stereocenters. The molecule has 1 aromatic heterocycles. The van der Waals surface area contributed by atoms with E-state index in [0.717, 1.165) is 44.0 Å². The van der Waals surface area contributed by atoms with Gasteiger partial charge in [-0.2, -0.15) is 0 Å². The summed E-state index contributed by atoms with van der Waals surface area (Å²) in [5, 5.41) is 9.25. The smallest absolute Gasteiger partial charge is 0.338 e. The summed E-state index contributed by atoms with van der Waals surface area (Å²) in [6, 6.07) is 7.97. The second-order valence-corrected chi connectivity index (χ2v) is 7.78. The number of nitrogens with zero attached hydrogens (tertiary/aromatic N) is 2. The zero-order chi connectivity index (χ0) is 19.3. The van der Waals surface area contributed by atoms with Crippen molar-refractivity contribution in [1.82, 2.24) is 4.98 Å². The number of rotatable bonds is 8. The average molecular weight is 378 g/mol. The normalized spacial score (nSPS) is 18.8. The van der Waals surface area contributed by atoms with Gasteiger partial charge in [-0.15, -0.1) is 0 Å². The molecule has 5 nitrogen and oxygen atoms in total. The molecule has 0 aliphatic heterocycles. The number of ether oxygens (including phenoxy) is 1. The van der Waals surface area contributed by atoms with Crippen LogP contribution in [0.3, 0.4) is 0 Å². The van der Waals surface area contributed by atoms with E-state index in [9.17, 15) is 9.90 Å². The molecule has 1 fully saturated rings. The van der Waals surface area contributed by atoms with Gasteiger partial charge in [0.15, 0.2) is 0 Å². The number of aromatic carboxylic acids is 1. The summed E-state index contributed by atoms with van der Waals surface area (Å²) in [4.78, 5) is 19.7. The predicted molar refractivity (Wildman–Crippen MR) is 109 cm³/mol. The first-order valence-corrected chi connectivity index (χ1v) is 10.2. The van der Waals surface area contributed by atoms with E-state index in [-0.39, 0.29) is 5.56 Å². The van der Waals surface area contributed by atoms with E-state index in [2.05, 4.69) is 28.2 Å². The zero-order valence-electron chi connectivity index (χ0n) is 16.0. The van der Waals surface area contributed by atoms with Gasteiger partial charge in [-0.25, -0.2) is 4.79 Å². The summed E-state index contributed by atoms with van der Waals surface area (Å²) in [5.41, 5.74) is 3.34. The fourth-order valence-electron chi connectivity index (χ4n) is 3.92. The highest BCUT2D eigenvalue weighted by atomic mass is 16.5. The van der Waals surface area contributed by atoms with Gasteiger partial charge in [-0.1, -0.05) is 18.9 Å². The second kappa shape index (κ2) is 8.55. The maximum atomic E-state index is 11.3. The number of fused-ring (bicyclic) bond motifs is 1. The molecule has 2 aliphatic rings. The van der Waals surface area contributed by atoms with Crippen molar-refractivity contribution >= 4 is 17.9 Å². The highest BCUT2D eigenvalue weighted by molar-refractivity contribution is 5.93. The van der Waals surface area contributed by atoms with Crippen LogP contribution in [0.4, 0.5) is 5.69 Å². The topological polar surface area (TPSA) is 71.8 Å². The predicted octanol–water partition coefficient (Wildman–Crippen LogP) is 5.17. The lowest BCUT2D eigenvalue weighted by Crippen LogP contribution is -2.11. The number of benzene rings is 1. The number of pyridine rings is 1. The first kappa shape index (κ1) is 18.7. The monoisotopic (exact) mass is 378 g/mol. The van der Waals surface area contributed by atoms with Gasteiger partial charge in [0.25, 0.3) is 0 Å². The largest absolute Gasteiger partial charge is 0.494 e. The summed E-state index contributed by atoms with van der Waals surface area (Å²) in [6.07, 6.45) is 12.9. The van der Waals surface area contributed by atoms with Gasteiger partial charge in [0.1, 0.15) is 5.75 Å². The van der Waals surface area contributed by atoms with Crippen molar-refractivity contribution in [3.63, 3.8) is 0 Å². The van der Waals surface area contributed by atoms with E-state index >= 15 is 0 Å². The van der Waals surface area contributed by atoms with Gasteiger partial charge in [-0.3, -0.25) is 9.98 Å². The van der Waals surface area contributed by atoms with Crippen LogP contribution in [0.25, 0.3) is 0 Å². The van der Waals surface area contributed by atoms with Crippen LogP contribution in [0.5, 0.6) is 5.75 Å². The molecule has 5 heteroatoms. The van der Waals surface area contributed by atoms with Crippen LogP contribution in [0.15, 0.2) is 41.7 Å². The minimum absolute atomic E-state index is 0.184. The lowest BCUT2D eigenvalue weighted by atomic mass is 9.81. The fraction of sp³-hybridized carbons (Fsp3) is 0.435. The third-order valence-electron chi connectivity index (χ3n) is 5.70. The van der Waals surface area contributed by atoms with Crippen LogP contribution in [0.2, 0.25) is 0 Å². The molecule has 0 radical (unpaired) electrons. The number of carboxylic acids is 1. The van der Waals surface area contributed by atoms with Crippen LogP contribution in [0.1, 0.15) is 65.9 Å². The third kappa shape index (κ3) is 4.58. The highest BCUT2D eigenvalue weighted by Crippen LogP contribution is 2.36. The Morgan fingerprint density at radius 2 is 2.18 bits per heavy atom. The quantitative estimate of drug-likeness (QED) is 0.643. The molecule has 0 amide bonds. The minimum atomic E-state index is -0.980. The molecule has 1 aromatic carbocycles. The Morgan fingerprint density at radius 1 is 1.29 bits per heavy atom. The van der Waals surface area contributed by atoms with E-state index in [1.807, 2.05) is 6.21 Å². The van der Waals surface area contributed by atoms with Gasteiger partial charge < -0.3 is 9.84 Å². The van der Waals surface area contributed by atoms with E-state index in [0.29, 0.717) is 11.6 Å². The first-order valence-electron chi connectivity index (χ1n) is 10.2. The maximum Gasteiger partial charge on any atom is 0.338 e. The van der Waals surface area contributed by atoms with Crippen molar-refractivity contribution in [2.45, 2.75) is 50.9 Å². The Balaban J connectivity index is 1.40. The van der Waals surface area contributed by atoms with Crippen molar-refractivity contribution in [3.05, 3.63) is 53.3 Å². The maximum absolute atomic E-state index is 11.3. The molecule has 0 bridgehead atoms. The number of carbonyl (C=O) groups is 1. The summed E-state index contributed by atoms with van der Waals surface area (Å²) in [6.45, 7) is 0.816. The van der Waals surface area contributed by atoms with Gasteiger partial charge in [0.05, 0.1) is 24.1 Å². The van der Waals surface area contributed by atoms with E-state index in [1.54, 1.807) is 0 Å². The molecular formula is C23H26N2O3. The van der Waals surface area contributed by atoms with Gasteiger partial charge in [-0.05, 0) is 73.3 Å². The van der Waals surface area contributed by atoms with E-state index in [4.69, 9.17) is 4.74 Å². The van der Waals surface area contributed by atoms with Crippen LogP contribution < -0.4 is 4.74 Å². The molecule has 146 valence electrons. The van der Waals surface area contributed by atoms with Crippen molar-refractivity contribution in [2.75, 3.05) is 6.61 Å². The Hall–Kier alpha value is -2.69. The third-order valence-corrected chi connectivity index (χ3v) is 5.70. The SMILES string of the molecule is O=C(O)c1ccncc1N=CCC1CCCc2cc(OCCC3CC3)ccc21. The summed E-state index contributed by atoms with van der Waals surface area (Å²) in [7, 11) is 0. The number of aromatic nitrogens is 1. The van der Waals surface area contributed by atoms with Crippen LogP contribution >= 0.6 is 0 Å². The molecular weight excluding hydrogens is 352 g/mol. The molecule has 0 saturated heterocycles. The molecule has 1 N–H and O–H groups in total. The zero-order valence-corrected chi connectivity index (χ0v) is 16.0. The van der Waals surface area contributed by atoms with Crippen molar-refractivity contribution < 1.29 is 14.6 Å². The lowest BCUT2D eigenvalue weighted by molar-refractivity contribution is 0.0697. The molecule has 1 atom stereocenters. The Labute approximate surface area is 165 Å². The number of aliphatic imine (C=N–C) groups is 1. The number of hydrogen-bond acceptors (Lipinski definition) is 4. The van der Waals surface area contributed by atoms with Gasteiger partial charge in [0.2, 0.25) is 0 Å². The highest BCUT2D eigenvalue weighted by Gasteiger charge is 2.22. The number of carboxylic acid groups (broad SMARTS) is 1. The second-order valence-electron chi connectivity index (χ2n) is 7.78. The molecule has 1 saturated carbocycles. The summed E-state index contributed by atoms with van der Waals surface area (Å²) in [5.74, 6) is 1.31. The summed E-state index contributed by atoms with van der Waals surface area (Å²) < 4.78 is 5.94. The fourth-order valence-corrected chi connectivity index (χ4v) is 3.92. The minimum Gasteiger partial charge on any atom is -0.494 e. The number of aryl methyl sites for hydroxylation is 1.